The number of quaternary nitrogens is 1. The highest BCUT2D eigenvalue weighted by Crippen LogP contribution is 2.28. The summed E-state index contributed by atoms with van der Waals surface area (Å²) in [4.78, 5) is 0. The fourth-order valence-electron chi connectivity index (χ4n) is 2.25. The van der Waals surface area contributed by atoms with Crippen molar-refractivity contribution in [1.82, 2.24) is 0 Å². The molecule has 4 heteroatoms. The van der Waals surface area contributed by atoms with Crippen LogP contribution in [0.4, 0.5) is 0 Å². The maximum absolute atomic E-state index is 9.49. The number of methoxy groups -OCH3 is 2. The third-order valence-corrected chi connectivity index (χ3v) is 2.82. The Morgan fingerprint density at radius 1 is 1.17 bits per heavy atom. The van der Waals surface area contributed by atoms with E-state index in [-0.39, 0.29) is 6.10 Å². The van der Waals surface area contributed by atoms with Crippen LogP contribution in [0.3, 0.4) is 0 Å². The Morgan fingerprint density at radius 2 is 1.78 bits per heavy atom. The van der Waals surface area contributed by atoms with Crippen molar-refractivity contribution in [3.05, 3.63) is 23.8 Å². The zero-order valence-corrected chi connectivity index (χ0v) is 11.9. The van der Waals surface area contributed by atoms with E-state index in [0.717, 1.165) is 22.5 Å². The van der Waals surface area contributed by atoms with Crippen LogP contribution in [-0.4, -0.2) is 50.6 Å². The molecule has 1 atom stereocenters. The van der Waals surface area contributed by atoms with Gasteiger partial charge in [0.25, 0.3) is 0 Å². The molecule has 0 spiro atoms. The van der Waals surface area contributed by atoms with Gasteiger partial charge in [-0.3, -0.25) is 0 Å². The van der Waals surface area contributed by atoms with Gasteiger partial charge in [0.05, 0.1) is 28.3 Å². The molecule has 1 N–H and O–H groups in total. The van der Waals surface area contributed by atoms with Gasteiger partial charge in [-0.1, -0.05) is 0 Å². The molecule has 0 aliphatic heterocycles. The molecule has 0 aromatic heterocycles. The number of aliphatic hydroxyl groups is 1. The highest BCUT2D eigenvalue weighted by atomic mass is 16.5. The van der Waals surface area contributed by atoms with Gasteiger partial charge in [0.2, 0.25) is 0 Å². The summed E-state index contributed by atoms with van der Waals surface area (Å²) in [6, 6.07) is 5.93. The maximum Gasteiger partial charge on any atom is 0.161 e. The number of benzene rings is 1. The molecule has 0 aliphatic carbocycles. The molecule has 0 fully saturated rings. The van der Waals surface area contributed by atoms with Crippen LogP contribution < -0.4 is 9.47 Å². The van der Waals surface area contributed by atoms with Crippen molar-refractivity contribution in [1.29, 1.82) is 0 Å². The molecule has 0 saturated carbocycles. The number of rotatable bonds is 6. The lowest BCUT2D eigenvalue weighted by Crippen LogP contribution is -2.43. The van der Waals surface area contributed by atoms with Crippen LogP contribution in [0.2, 0.25) is 0 Å². The number of hydrogen-bond acceptors (Lipinski definition) is 3. The molecule has 0 heterocycles. The highest BCUT2D eigenvalue weighted by Gasteiger charge is 2.19. The van der Waals surface area contributed by atoms with Crippen LogP contribution >= 0.6 is 0 Å². The van der Waals surface area contributed by atoms with E-state index < -0.39 is 0 Å². The van der Waals surface area contributed by atoms with Crippen LogP contribution in [0.25, 0.3) is 0 Å². The summed E-state index contributed by atoms with van der Waals surface area (Å²) in [5, 5.41) is 9.49. The molecule has 4 nitrogen and oxygen atoms in total. The standard InChI is InChI=1S/C14H24NO3/c1-11(16)9-15(2,3)10-12-6-7-13(17-4)14(8-12)18-5/h6-8,11,16H,9-10H2,1-5H3/q+1. The number of hydrogen-bond donors (Lipinski definition) is 1. The fourth-order valence-corrected chi connectivity index (χ4v) is 2.25. The number of ether oxygens (including phenoxy) is 2. The molecule has 0 radical (unpaired) electrons. The average molecular weight is 254 g/mol. The summed E-state index contributed by atoms with van der Waals surface area (Å²) in [5.74, 6) is 1.48. The maximum atomic E-state index is 9.49. The van der Waals surface area contributed by atoms with Crippen LogP contribution in [0.1, 0.15) is 12.5 Å². The van der Waals surface area contributed by atoms with E-state index in [1.54, 1.807) is 14.2 Å². The zero-order valence-electron chi connectivity index (χ0n) is 11.9. The highest BCUT2D eigenvalue weighted by molar-refractivity contribution is 5.42. The van der Waals surface area contributed by atoms with Gasteiger partial charge in [-0.2, -0.15) is 0 Å². The van der Waals surface area contributed by atoms with E-state index >= 15 is 0 Å². The average Bonchev–Trinajstić information content (AvgIpc) is 2.26. The van der Waals surface area contributed by atoms with Gasteiger partial charge in [0.1, 0.15) is 19.2 Å². The molecular weight excluding hydrogens is 230 g/mol. The van der Waals surface area contributed by atoms with E-state index in [9.17, 15) is 5.11 Å². The first-order chi connectivity index (χ1) is 8.38. The van der Waals surface area contributed by atoms with Gasteiger partial charge in [-0.05, 0) is 25.1 Å². The van der Waals surface area contributed by atoms with Crippen LogP contribution in [-0.2, 0) is 6.54 Å². The van der Waals surface area contributed by atoms with E-state index in [0.29, 0.717) is 6.54 Å². The Balaban J connectivity index is 2.85. The minimum Gasteiger partial charge on any atom is -0.493 e. The second-order valence-corrected chi connectivity index (χ2v) is 5.31. The predicted molar refractivity (Wildman–Crippen MR) is 71.9 cm³/mol. The van der Waals surface area contributed by atoms with Gasteiger partial charge in [-0.15, -0.1) is 0 Å². The zero-order chi connectivity index (χ0) is 13.8. The van der Waals surface area contributed by atoms with Gasteiger partial charge in [0, 0.05) is 5.56 Å². The van der Waals surface area contributed by atoms with Crippen molar-refractivity contribution in [3.63, 3.8) is 0 Å². The van der Waals surface area contributed by atoms with Crippen LogP contribution in [0, 0.1) is 0 Å². The fraction of sp³-hybridized carbons (Fsp3) is 0.571. The summed E-state index contributed by atoms with van der Waals surface area (Å²) in [6.07, 6.45) is -0.305. The van der Waals surface area contributed by atoms with Crippen LogP contribution in [0.15, 0.2) is 18.2 Å². The number of aliphatic hydroxyl groups excluding tert-OH is 1. The summed E-state index contributed by atoms with van der Waals surface area (Å²) in [5.41, 5.74) is 1.17. The van der Waals surface area contributed by atoms with Crippen molar-refractivity contribution in [2.24, 2.45) is 0 Å². The molecule has 1 aromatic rings. The van der Waals surface area contributed by atoms with E-state index in [4.69, 9.17) is 9.47 Å². The smallest absolute Gasteiger partial charge is 0.161 e. The predicted octanol–water partition coefficient (Wildman–Crippen LogP) is 1.66. The van der Waals surface area contributed by atoms with Crippen molar-refractivity contribution in [3.8, 4) is 11.5 Å². The number of likely N-dealkylation sites (N-methyl/N-ethyl adjacent to an activating group) is 1. The normalized spacial score (nSPS) is 13.2. The Kier molecular flexibility index (Phi) is 4.99. The molecular formula is C14H24NO3+. The molecule has 0 bridgehead atoms. The lowest BCUT2D eigenvalue weighted by atomic mass is 10.1. The minimum atomic E-state index is -0.305. The minimum absolute atomic E-state index is 0.305. The molecule has 1 aromatic carbocycles. The van der Waals surface area contributed by atoms with Crippen molar-refractivity contribution >= 4 is 0 Å². The van der Waals surface area contributed by atoms with Crippen molar-refractivity contribution in [2.75, 3.05) is 34.9 Å². The molecule has 0 aliphatic rings. The van der Waals surface area contributed by atoms with Crippen LogP contribution in [0.5, 0.6) is 11.5 Å². The lowest BCUT2D eigenvalue weighted by Gasteiger charge is -2.31. The van der Waals surface area contributed by atoms with Gasteiger partial charge >= 0.3 is 0 Å². The van der Waals surface area contributed by atoms with Gasteiger partial charge in [-0.25, -0.2) is 0 Å². The van der Waals surface area contributed by atoms with Gasteiger partial charge in [0.15, 0.2) is 11.5 Å². The monoisotopic (exact) mass is 254 g/mol. The second kappa shape index (κ2) is 6.07. The molecule has 1 unspecified atom stereocenters. The molecule has 18 heavy (non-hydrogen) atoms. The van der Waals surface area contributed by atoms with E-state index in [1.807, 2.05) is 25.1 Å². The first-order valence-corrected chi connectivity index (χ1v) is 6.09. The Labute approximate surface area is 109 Å². The largest absolute Gasteiger partial charge is 0.493 e. The SMILES string of the molecule is COc1ccc(C[N+](C)(C)CC(C)O)cc1OC. The first-order valence-electron chi connectivity index (χ1n) is 6.09. The molecule has 102 valence electrons. The summed E-state index contributed by atoms with van der Waals surface area (Å²) in [7, 11) is 7.47. The second-order valence-electron chi connectivity index (χ2n) is 5.31. The third kappa shape index (κ3) is 4.20. The summed E-state index contributed by atoms with van der Waals surface area (Å²) in [6.45, 7) is 3.37. The van der Waals surface area contributed by atoms with Gasteiger partial charge < -0.3 is 19.1 Å². The van der Waals surface area contributed by atoms with E-state index in [1.165, 1.54) is 5.56 Å². The molecule has 0 amide bonds. The third-order valence-electron chi connectivity index (χ3n) is 2.82. The van der Waals surface area contributed by atoms with Crippen molar-refractivity contribution in [2.45, 2.75) is 19.6 Å². The number of nitrogens with zero attached hydrogens (tertiary/aromatic N) is 1. The summed E-state index contributed by atoms with van der Waals surface area (Å²) < 4.78 is 11.2. The topological polar surface area (TPSA) is 38.7 Å². The molecule has 0 saturated heterocycles. The van der Waals surface area contributed by atoms with Crippen molar-refractivity contribution < 1.29 is 19.1 Å². The quantitative estimate of drug-likeness (QED) is 0.785. The Hall–Kier alpha value is -1.26. The Bertz CT molecular complexity index is 389. The van der Waals surface area contributed by atoms with E-state index in [2.05, 4.69) is 14.1 Å². The first kappa shape index (κ1) is 14.8. The lowest BCUT2D eigenvalue weighted by molar-refractivity contribution is -0.906. The Morgan fingerprint density at radius 3 is 2.28 bits per heavy atom. The molecule has 1 rings (SSSR count). The summed E-state index contributed by atoms with van der Waals surface area (Å²) >= 11 is 0.